The van der Waals surface area contributed by atoms with Crippen LogP contribution >= 0.6 is 24.0 Å². The Bertz CT molecular complexity index is 77.3. The van der Waals surface area contributed by atoms with Crippen molar-refractivity contribution in [3.8, 4) is 0 Å². The highest BCUT2D eigenvalue weighted by Crippen LogP contribution is 2.09. The minimum Gasteiger partial charge on any atom is -0.303 e. The Balaban J connectivity index is 0.000000810. The summed E-state index contributed by atoms with van der Waals surface area (Å²) in [5.74, 6) is 0.850. The zero-order chi connectivity index (χ0) is 6.69. The van der Waals surface area contributed by atoms with Crippen molar-refractivity contribution in [2.75, 3.05) is 19.6 Å². The largest absolute Gasteiger partial charge is 0.303 e. The summed E-state index contributed by atoms with van der Waals surface area (Å²) in [6.07, 6.45) is 2.85. The van der Waals surface area contributed by atoms with Crippen molar-refractivity contribution in [2.24, 2.45) is 5.92 Å². The first-order valence-corrected chi connectivity index (χ1v) is 4.01. The van der Waals surface area contributed by atoms with E-state index in [1.807, 2.05) is 0 Å². The predicted molar refractivity (Wildman–Crippen MR) is 55.9 cm³/mol. The van der Waals surface area contributed by atoms with Crippen molar-refractivity contribution < 1.29 is 0 Å². The Morgan fingerprint density at radius 3 is 2.10 bits per heavy atom. The van der Waals surface area contributed by atoms with Crippen molar-refractivity contribution in [1.82, 2.24) is 4.90 Å². The summed E-state index contributed by atoms with van der Waals surface area (Å²) in [7, 11) is 0. The second kappa shape index (κ2) is 5.35. The monoisotopic (exact) mass is 255 g/mol. The average molecular weight is 255 g/mol. The number of rotatable bonds is 2. The number of nitrogens with zero attached hydrogens (tertiary/aromatic N) is 1. The lowest BCUT2D eigenvalue weighted by Gasteiger charge is -2.16. The van der Waals surface area contributed by atoms with Gasteiger partial charge in [-0.3, -0.25) is 0 Å². The van der Waals surface area contributed by atoms with Crippen molar-refractivity contribution in [2.45, 2.75) is 26.7 Å². The topological polar surface area (TPSA) is 3.24 Å². The maximum Gasteiger partial charge on any atom is 0.000438 e. The number of halogens is 1. The van der Waals surface area contributed by atoms with E-state index in [1.165, 1.54) is 32.5 Å². The van der Waals surface area contributed by atoms with Crippen molar-refractivity contribution in [3.63, 3.8) is 0 Å². The molecule has 0 bridgehead atoms. The van der Waals surface area contributed by atoms with E-state index in [1.54, 1.807) is 0 Å². The summed E-state index contributed by atoms with van der Waals surface area (Å²) in [5, 5.41) is 0. The molecule has 62 valence electrons. The summed E-state index contributed by atoms with van der Waals surface area (Å²) < 4.78 is 0. The summed E-state index contributed by atoms with van der Waals surface area (Å²) in [5.41, 5.74) is 0. The Morgan fingerprint density at radius 2 is 1.70 bits per heavy atom. The number of hydrogen-bond acceptors (Lipinski definition) is 1. The molecular formula is C8H18IN. The lowest BCUT2D eigenvalue weighted by Crippen LogP contribution is -2.23. The fourth-order valence-corrected chi connectivity index (χ4v) is 1.48. The van der Waals surface area contributed by atoms with Crippen LogP contribution in [0.5, 0.6) is 0 Å². The van der Waals surface area contributed by atoms with E-state index < -0.39 is 0 Å². The normalized spacial score (nSPS) is 19.5. The van der Waals surface area contributed by atoms with Gasteiger partial charge in [-0.2, -0.15) is 0 Å². The van der Waals surface area contributed by atoms with Gasteiger partial charge in [0.2, 0.25) is 0 Å². The SMILES string of the molecule is CC(C)CN1CCCC1.I. The molecule has 1 rings (SSSR count). The maximum absolute atomic E-state index is 2.56. The van der Waals surface area contributed by atoms with Crippen LogP contribution in [-0.2, 0) is 0 Å². The second-order valence-electron chi connectivity index (χ2n) is 3.40. The Labute approximate surface area is 81.2 Å². The molecule has 0 aromatic rings. The molecule has 0 atom stereocenters. The van der Waals surface area contributed by atoms with E-state index in [4.69, 9.17) is 0 Å². The van der Waals surface area contributed by atoms with Crippen molar-refractivity contribution in [1.29, 1.82) is 0 Å². The second-order valence-corrected chi connectivity index (χ2v) is 3.40. The maximum atomic E-state index is 2.56. The van der Waals surface area contributed by atoms with Crippen LogP contribution in [0.1, 0.15) is 26.7 Å². The first-order chi connectivity index (χ1) is 4.29. The van der Waals surface area contributed by atoms with E-state index >= 15 is 0 Å². The molecule has 0 radical (unpaired) electrons. The highest BCUT2D eigenvalue weighted by molar-refractivity contribution is 14.0. The van der Waals surface area contributed by atoms with E-state index in [9.17, 15) is 0 Å². The molecule has 1 heterocycles. The van der Waals surface area contributed by atoms with Crippen LogP contribution in [0.25, 0.3) is 0 Å². The molecule has 0 aliphatic carbocycles. The zero-order valence-corrected chi connectivity index (χ0v) is 9.30. The lowest BCUT2D eigenvalue weighted by atomic mass is 10.2. The number of likely N-dealkylation sites (tertiary alicyclic amines) is 1. The van der Waals surface area contributed by atoms with Crippen LogP contribution in [-0.4, -0.2) is 24.5 Å². The summed E-state index contributed by atoms with van der Waals surface area (Å²) in [4.78, 5) is 2.56. The van der Waals surface area contributed by atoms with Crippen LogP contribution in [0.15, 0.2) is 0 Å². The minimum atomic E-state index is 0. The molecule has 0 amide bonds. The lowest BCUT2D eigenvalue weighted by molar-refractivity contribution is 0.298. The highest BCUT2D eigenvalue weighted by atomic mass is 127. The van der Waals surface area contributed by atoms with Gasteiger partial charge < -0.3 is 4.90 Å². The molecule has 0 aromatic carbocycles. The van der Waals surface area contributed by atoms with Gasteiger partial charge in [-0.1, -0.05) is 13.8 Å². The van der Waals surface area contributed by atoms with Gasteiger partial charge in [0, 0.05) is 6.54 Å². The third-order valence-electron chi connectivity index (χ3n) is 1.82. The third kappa shape index (κ3) is 3.76. The van der Waals surface area contributed by atoms with Gasteiger partial charge in [0.25, 0.3) is 0 Å². The summed E-state index contributed by atoms with van der Waals surface area (Å²) >= 11 is 0. The fourth-order valence-electron chi connectivity index (χ4n) is 1.48. The molecule has 1 saturated heterocycles. The van der Waals surface area contributed by atoms with Gasteiger partial charge >= 0.3 is 0 Å². The molecule has 0 unspecified atom stereocenters. The van der Waals surface area contributed by atoms with Gasteiger partial charge in [-0.15, -0.1) is 24.0 Å². The van der Waals surface area contributed by atoms with Crippen LogP contribution in [0, 0.1) is 5.92 Å². The minimum absolute atomic E-state index is 0. The van der Waals surface area contributed by atoms with Gasteiger partial charge in [-0.25, -0.2) is 0 Å². The Morgan fingerprint density at radius 1 is 1.20 bits per heavy atom. The molecule has 0 spiro atoms. The van der Waals surface area contributed by atoms with Crippen molar-refractivity contribution in [3.05, 3.63) is 0 Å². The van der Waals surface area contributed by atoms with Gasteiger partial charge in [0.15, 0.2) is 0 Å². The van der Waals surface area contributed by atoms with E-state index in [2.05, 4.69) is 18.7 Å². The zero-order valence-electron chi connectivity index (χ0n) is 6.97. The molecule has 0 aromatic heterocycles. The van der Waals surface area contributed by atoms with E-state index in [0.717, 1.165) is 5.92 Å². The molecule has 1 nitrogen and oxygen atoms in total. The standard InChI is InChI=1S/C8H17N.HI/c1-8(2)7-9-5-3-4-6-9;/h8H,3-7H2,1-2H3;1H. The number of hydrogen-bond donors (Lipinski definition) is 0. The molecule has 1 fully saturated rings. The quantitative estimate of drug-likeness (QED) is 0.685. The van der Waals surface area contributed by atoms with E-state index in [-0.39, 0.29) is 24.0 Å². The molecule has 2 heteroatoms. The first-order valence-electron chi connectivity index (χ1n) is 4.01. The Hall–Kier alpha value is 0.690. The molecular weight excluding hydrogens is 237 g/mol. The van der Waals surface area contributed by atoms with Crippen LogP contribution in [0.4, 0.5) is 0 Å². The average Bonchev–Trinajstić information content (AvgIpc) is 2.15. The highest BCUT2D eigenvalue weighted by Gasteiger charge is 2.11. The summed E-state index contributed by atoms with van der Waals surface area (Å²) in [6, 6.07) is 0. The van der Waals surface area contributed by atoms with Crippen molar-refractivity contribution >= 4 is 24.0 Å². The van der Waals surface area contributed by atoms with E-state index in [0.29, 0.717) is 0 Å². The first kappa shape index (κ1) is 10.7. The fraction of sp³-hybridized carbons (Fsp3) is 1.00. The Kier molecular flexibility index (Phi) is 5.72. The van der Waals surface area contributed by atoms with Gasteiger partial charge in [-0.05, 0) is 31.8 Å². The third-order valence-corrected chi connectivity index (χ3v) is 1.82. The molecule has 1 aliphatic heterocycles. The molecule has 0 N–H and O–H groups in total. The van der Waals surface area contributed by atoms with Gasteiger partial charge in [0.1, 0.15) is 0 Å². The smallest absolute Gasteiger partial charge is 0.000438 e. The van der Waals surface area contributed by atoms with Crippen LogP contribution in [0.2, 0.25) is 0 Å². The van der Waals surface area contributed by atoms with Gasteiger partial charge in [0.05, 0.1) is 0 Å². The summed E-state index contributed by atoms with van der Waals surface area (Å²) in [6.45, 7) is 8.58. The molecule has 0 saturated carbocycles. The van der Waals surface area contributed by atoms with Crippen LogP contribution < -0.4 is 0 Å². The molecule has 1 aliphatic rings. The predicted octanol–water partition coefficient (Wildman–Crippen LogP) is 2.36. The van der Waals surface area contributed by atoms with Crippen LogP contribution in [0.3, 0.4) is 0 Å². The molecule has 10 heavy (non-hydrogen) atoms.